The molecular formula is C17H28N4OS. The van der Waals surface area contributed by atoms with Crippen LogP contribution in [0.2, 0.25) is 0 Å². The number of allylic oxidation sites excluding steroid dienone is 2. The van der Waals surface area contributed by atoms with Crippen molar-refractivity contribution in [3.63, 3.8) is 0 Å². The maximum atomic E-state index is 5.32. The molecule has 1 aromatic rings. The Morgan fingerprint density at radius 1 is 1.57 bits per heavy atom. The molecule has 23 heavy (non-hydrogen) atoms. The van der Waals surface area contributed by atoms with Crippen molar-refractivity contribution in [1.29, 1.82) is 0 Å². The Kier molecular flexibility index (Phi) is 7.05. The number of guanidine groups is 1. The zero-order chi connectivity index (χ0) is 16.7. The van der Waals surface area contributed by atoms with E-state index in [4.69, 9.17) is 4.74 Å². The van der Waals surface area contributed by atoms with Crippen LogP contribution in [0.3, 0.4) is 0 Å². The first-order valence-corrected chi connectivity index (χ1v) is 9.05. The van der Waals surface area contributed by atoms with Gasteiger partial charge in [0.1, 0.15) is 11.1 Å². The molecule has 0 spiro atoms. The van der Waals surface area contributed by atoms with E-state index in [2.05, 4.69) is 44.8 Å². The van der Waals surface area contributed by atoms with E-state index < -0.39 is 0 Å². The van der Waals surface area contributed by atoms with E-state index in [0.717, 1.165) is 36.2 Å². The van der Waals surface area contributed by atoms with E-state index in [1.807, 2.05) is 14.0 Å². The molecule has 1 heterocycles. The number of hydrogen-bond acceptors (Lipinski definition) is 4. The number of hydrogen-bond donors (Lipinski definition) is 1. The van der Waals surface area contributed by atoms with Gasteiger partial charge in [-0.3, -0.25) is 4.99 Å². The zero-order valence-electron chi connectivity index (χ0n) is 14.6. The molecule has 0 radical (unpaired) electrons. The van der Waals surface area contributed by atoms with E-state index in [1.54, 1.807) is 18.4 Å². The summed E-state index contributed by atoms with van der Waals surface area (Å²) in [7, 11) is 5.60. The SMILES string of the molecule is CN=C(NC[C@H]1CC=CCC1)N(C)Cc1csc([C@@H](C)OC)n1. The van der Waals surface area contributed by atoms with Crippen molar-refractivity contribution in [3.8, 4) is 0 Å². The number of aromatic nitrogens is 1. The standard InChI is InChI=1S/C17H28N4OS/c1-13(22-4)16-20-15(12-23-16)11-21(3)17(18-2)19-10-14-8-6-5-7-9-14/h5-6,12-14H,7-11H2,1-4H3,(H,18,19)/t13-,14+/m1/s1. The Morgan fingerprint density at radius 3 is 3.04 bits per heavy atom. The van der Waals surface area contributed by atoms with Gasteiger partial charge >= 0.3 is 0 Å². The minimum Gasteiger partial charge on any atom is -0.375 e. The van der Waals surface area contributed by atoms with Crippen molar-refractivity contribution in [2.75, 3.05) is 27.7 Å². The smallest absolute Gasteiger partial charge is 0.193 e. The normalized spacial score (nSPS) is 19.7. The lowest BCUT2D eigenvalue weighted by Crippen LogP contribution is -2.40. The molecule has 5 nitrogen and oxygen atoms in total. The predicted molar refractivity (Wildman–Crippen MR) is 96.8 cm³/mol. The molecule has 2 atom stereocenters. The second-order valence-corrected chi connectivity index (χ2v) is 6.88. The van der Waals surface area contributed by atoms with Gasteiger partial charge in [-0.05, 0) is 32.1 Å². The third-order valence-corrected chi connectivity index (χ3v) is 5.22. The van der Waals surface area contributed by atoms with Crippen LogP contribution in [0.15, 0.2) is 22.5 Å². The molecule has 1 aliphatic carbocycles. The third-order valence-electron chi connectivity index (χ3n) is 4.17. The summed E-state index contributed by atoms with van der Waals surface area (Å²) in [5.41, 5.74) is 1.06. The number of nitrogens with zero attached hydrogens (tertiary/aromatic N) is 3. The topological polar surface area (TPSA) is 49.8 Å². The summed E-state index contributed by atoms with van der Waals surface area (Å²) in [5, 5.41) is 6.61. The van der Waals surface area contributed by atoms with Gasteiger partial charge in [-0.1, -0.05) is 12.2 Å². The Morgan fingerprint density at radius 2 is 2.39 bits per heavy atom. The average molecular weight is 337 g/mol. The van der Waals surface area contributed by atoms with Crippen molar-refractivity contribution >= 4 is 17.3 Å². The largest absolute Gasteiger partial charge is 0.375 e. The van der Waals surface area contributed by atoms with Gasteiger partial charge in [-0.25, -0.2) is 4.98 Å². The Balaban J connectivity index is 1.85. The Bertz CT molecular complexity index is 540. The lowest BCUT2D eigenvalue weighted by Gasteiger charge is -2.24. The third kappa shape index (κ3) is 5.32. The molecule has 1 N–H and O–H groups in total. The fourth-order valence-electron chi connectivity index (χ4n) is 2.66. The van der Waals surface area contributed by atoms with Gasteiger partial charge in [0.2, 0.25) is 0 Å². The van der Waals surface area contributed by atoms with Gasteiger partial charge in [0, 0.05) is 33.1 Å². The van der Waals surface area contributed by atoms with Crippen LogP contribution in [-0.4, -0.2) is 43.6 Å². The molecule has 1 aliphatic rings. The first kappa shape index (κ1) is 17.9. The van der Waals surface area contributed by atoms with Crippen molar-refractivity contribution in [3.05, 3.63) is 28.2 Å². The molecule has 0 saturated heterocycles. The molecule has 0 unspecified atom stereocenters. The fraction of sp³-hybridized carbons (Fsp3) is 0.647. The predicted octanol–water partition coefficient (Wildman–Crippen LogP) is 3.21. The molecular weight excluding hydrogens is 308 g/mol. The van der Waals surface area contributed by atoms with Gasteiger partial charge in [-0.2, -0.15) is 0 Å². The Hall–Kier alpha value is -1.40. The number of ether oxygens (including phenoxy) is 1. The number of aliphatic imine (C=N–C) groups is 1. The molecule has 128 valence electrons. The van der Waals surface area contributed by atoms with Crippen LogP contribution < -0.4 is 5.32 Å². The average Bonchev–Trinajstić information content (AvgIpc) is 3.04. The minimum absolute atomic E-state index is 0.0517. The molecule has 0 aromatic carbocycles. The van der Waals surface area contributed by atoms with Gasteiger partial charge < -0.3 is 15.0 Å². The van der Waals surface area contributed by atoms with Crippen LogP contribution in [0.1, 0.15) is 43.0 Å². The highest BCUT2D eigenvalue weighted by atomic mass is 32.1. The summed E-state index contributed by atoms with van der Waals surface area (Å²) in [5.74, 6) is 1.63. The summed E-state index contributed by atoms with van der Waals surface area (Å²) >= 11 is 1.65. The van der Waals surface area contributed by atoms with E-state index in [-0.39, 0.29) is 6.10 Å². The maximum Gasteiger partial charge on any atom is 0.193 e. The van der Waals surface area contributed by atoms with Crippen LogP contribution >= 0.6 is 11.3 Å². The van der Waals surface area contributed by atoms with Crippen LogP contribution in [0.4, 0.5) is 0 Å². The van der Waals surface area contributed by atoms with Gasteiger partial charge in [0.15, 0.2) is 5.96 Å². The highest BCUT2D eigenvalue weighted by molar-refractivity contribution is 7.09. The van der Waals surface area contributed by atoms with Crippen LogP contribution in [0.25, 0.3) is 0 Å². The number of methoxy groups -OCH3 is 1. The molecule has 0 fully saturated rings. The lowest BCUT2D eigenvalue weighted by molar-refractivity contribution is 0.119. The summed E-state index contributed by atoms with van der Waals surface area (Å²) in [6.45, 7) is 3.74. The van der Waals surface area contributed by atoms with Crippen molar-refractivity contribution in [2.45, 2.75) is 38.8 Å². The van der Waals surface area contributed by atoms with E-state index in [9.17, 15) is 0 Å². The molecule has 6 heteroatoms. The molecule has 1 aromatic heterocycles. The highest BCUT2D eigenvalue weighted by Gasteiger charge is 2.14. The monoisotopic (exact) mass is 336 g/mol. The van der Waals surface area contributed by atoms with Crippen LogP contribution in [0, 0.1) is 5.92 Å². The summed E-state index contributed by atoms with van der Waals surface area (Å²) in [6.07, 6.45) is 8.23. The molecule has 0 saturated carbocycles. The van der Waals surface area contributed by atoms with Gasteiger partial charge in [0.25, 0.3) is 0 Å². The van der Waals surface area contributed by atoms with Crippen molar-refractivity contribution in [1.82, 2.24) is 15.2 Å². The molecule has 0 bridgehead atoms. The highest BCUT2D eigenvalue weighted by Crippen LogP contribution is 2.21. The number of nitrogens with one attached hydrogen (secondary N) is 1. The molecule has 0 amide bonds. The second-order valence-electron chi connectivity index (χ2n) is 5.99. The summed E-state index contributed by atoms with van der Waals surface area (Å²) in [4.78, 5) is 11.2. The number of thiazole rings is 1. The van der Waals surface area contributed by atoms with Crippen LogP contribution in [-0.2, 0) is 11.3 Å². The van der Waals surface area contributed by atoms with E-state index >= 15 is 0 Å². The first-order valence-electron chi connectivity index (χ1n) is 8.18. The van der Waals surface area contributed by atoms with E-state index in [0.29, 0.717) is 5.92 Å². The number of rotatable bonds is 6. The second kappa shape index (κ2) is 9.03. The fourth-order valence-corrected chi connectivity index (χ4v) is 3.50. The van der Waals surface area contributed by atoms with Gasteiger partial charge in [0.05, 0.1) is 12.2 Å². The molecule has 2 rings (SSSR count). The van der Waals surface area contributed by atoms with Crippen molar-refractivity contribution < 1.29 is 4.74 Å². The Labute approximate surface area is 143 Å². The van der Waals surface area contributed by atoms with E-state index in [1.165, 1.54) is 12.8 Å². The maximum absolute atomic E-state index is 5.32. The van der Waals surface area contributed by atoms with Gasteiger partial charge in [-0.15, -0.1) is 11.3 Å². The summed E-state index contributed by atoms with van der Waals surface area (Å²) in [6, 6.07) is 0. The lowest BCUT2D eigenvalue weighted by atomic mass is 9.94. The van der Waals surface area contributed by atoms with Crippen LogP contribution in [0.5, 0.6) is 0 Å². The molecule has 0 aliphatic heterocycles. The zero-order valence-corrected chi connectivity index (χ0v) is 15.4. The quantitative estimate of drug-likeness (QED) is 0.492. The summed E-state index contributed by atoms with van der Waals surface area (Å²) < 4.78 is 5.32. The first-order chi connectivity index (χ1) is 11.1. The van der Waals surface area contributed by atoms with Crippen molar-refractivity contribution in [2.24, 2.45) is 10.9 Å². The minimum atomic E-state index is 0.0517.